The molecule has 0 saturated carbocycles. The molecule has 1 aromatic carbocycles. The minimum atomic E-state index is 0.520. The molecule has 1 aliphatic heterocycles. The summed E-state index contributed by atoms with van der Waals surface area (Å²) in [6, 6.07) is 8.52. The molecule has 1 atom stereocenters. The average Bonchev–Trinajstić information content (AvgIpc) is 2.65. The minimum absolute atomic E-state index is 0.520. The molecule has 0 aliphatic carbocycles. The lowest BCUT2D eigenvalue weighted by Gasteiger charge is -2.04. The molecule has 0 saturated heterocycles. The Kier molecular flexibility index (Phi) is 3.95. The first-order chi connectivity index (χ1) is 8.20. The average molecular weight is 245 g/mol. The van der Waals surface area contributed by atoms with Crippen molar-refractivity contribution in [1.29, 1.82) is 0 Å². The molecule has 1 N–H and O–H groups in total. The van der Waals surface area contributed by atoms with Gasteiger partial charge in [0.05, 0.1) is 5.37 Å². The SMILES string of the molecule is C/C=c1/cccc/c1=C/CC1=C(C)SC(C)N1. The van der Waals surface area contributed by atoms with Crippen LogP contribution >= 0.6 is 11.8 Å². The van der Waals surface area contributed by atoms with Gasteiger partial charge < -0.3 is 5.32 Å². The summed E-state index contributed by atoms with van der Waals surface area (Å²) in [7, 11) is 0. The number of benzene rings is 1. The third-order valence-electron chi connectivity index (χ3n) is 2.99. The zero-order chi connectivity index (χ0) is 12.3. The predicted molar refractivity (Wildman–Crippen MR) is 77.8 cm³/mol. The van der Waals surface area contributed by atoms with Crippen molar-refractivity contribution in [2.24, 2.45) is 0 Å². The fourth-order valence-electron chi connectivity index (χ4n) is 2.09. The third-order valence-corrected chi connectivity index (χ3v) is 4.06. The molecular weight excluding hydrogens is 226 g/mol. The lowest BCUT2D eigenvalue weighted by molar-refractivity contribution is 0.803. The van der Waals surface area contributed by atoms with E-state index in [1.54, 1.807) is 0 Å². The molecule has 0 amide bonds. The first kappa shape index (κ1) is 12.3. The second-order valence-electron chi connectivity index (χ2n) is 4.26. The molecular formula is C15H19NS. The molecule has 17 heavy (non-hydrogen) atoms. The highest BCUT2D eigenvalue weighted by molar-refractivity contribution is 8.03. The van der Waals surface area contributed by atoms with Gasteiger partial charge in [0.25, 0.3) is 0 Å². The Hall–Kier alpha value is -1.15. The van der Waals surface area contributed by atoms with Crippen molar-refractivity contribution in [3.05, 3.63) is 45.3 Å². The molecule has 2 rings (SSSR count). The Morgan fingerprint density at radius 2 is 2.00 bits per heavy atom. The number of thioether (sulfide) groups is 1. The maximum atomic E-state index is 3.51. The molecule has 1 aliphatic rings. The van der Waals surface area contributed by atoms with E-state index >= 15 is 0 Å². The van der Waals surface area contributed by atoms with E-state index in [9.17, 15) is 0 Å². The highest BCUT2D eigenvalue weighted by Gasteiger charge is 2.15. The van der Waals surface area contributed by atoms with E-state index < -0.39 is 0 Å². The molecule has 1 heterocycles. The van der Waals surface area contributed by atoms with Crippen molar-refractivity contribution in [2.45, 2.75) is 32.6 Å². The van der Waals surface area contributed by atoms with Crippen LogP contribution in [0.3, 0.4) is 0 Å². The molecule has 0 fully saturated rings. The van der Waals surface area contributed by atoms with Crippen molar-refractivity contribution >= 4 is 23.9 Å². The summed E-state index contributed by atoms with van der Waals surface area (Å²) in [6.07, 6.45) is 5.46. The molecule has 0 spiro atoms. The normalized spacial score (nSPS) is 22.2. The van der Waals surface area contributed by atoms with Crippen LogP contribution in [-0.4, -0.2) is 5.37 Å². The Morgan fingerprint density at radius 1 is 1.29 bits per heavy atom. The number of hydrogen-bond donors (Lipinski definition) is 1. The van der Waals surface area contributed by atoms with Crippen molar-refractivity contribution in [3.8, 4) is 0 Å². The number of nitrogens with one attached hydrogen (secondary N) is 1. The quantitative estimate of drug-likeness (QED) is 0.859. The fourth-order valence-corrected chi connectivity index (χ4v) is 3.10. The van der Waals surface area contributed by atoms with E-state index in [0.29, 0.717) is 5.37 Å². The lowest BCUT2D eigenvalue weighted by Crippen LogP contribution is -2.24. The summed E-state index contributed by atoms with van der Waals surface area (Å²) >= 11 is 1.91. The van der Waals surface area contributed by atoms with Gasteiger partial charge in [-0.05, 0) is 31.2 Å². The van der Waals surface area contributed by atoms with E-state index in [1.807, 2.05) is 11.8 Å². The third kappa shape index (κ3) is 2.95. The standard InChI is InChI=1S/C15H19NS/c1-4-13-7-5-6-8-14(13)9-10-15-11(2)17-12(3)16-15/h4-9,12,16H,10H2,1-3H3/b13-4-,14-9-. The van der Waals surface area contributed by atoms with Crippen LogP contribution in [0.5, 0.6) is 0 Å². The zero-order valence-corrected chi connectivity index (χ0v) is 11.5. The zero-order valence-electron chi connectivity index (χ0n) is 10.7. The van der Waals surface area contributed by atoms with Gasteiger partial charge in [0.2, 0.25) is 0 Å². The van der Waals surface area contributed by atoms with Crippen molar-refractivity contribution in [2.75, 3.05) is 0 Å². The fraction of sp³-hybridized carbons (Fsp3) is 0.333. The highest BCUT2D eigenvalue weighted by Crippen LogP contribution is 2.30. The van der Waals surface area contributed by atoms with Gasteiger partial charge >= 0.3 is 0 Å². The van der Waals surface area contributed by atoms with Gasteiger partial charge in [0, 0.05) is 17.0 Å². The van der Waals surface area contributed by atoms with Gasteiger partial charge in [-0.25, -0.2) is 0 Å². The maximum absolute atomic E-state index is 3.51. The van der Waals surface area contributed by atoms with Gasteiger partial charge in [-0.1, -0.05) is 36.4 Å². The van der Waals surface area contributed by atoms with Crippen LogP contribution in [0.25, 0.3) is 12.2 Å². The topological polar surface area (TPSA) is 12.0 Å². The van der Waals surface area contributed by atoms with Crippen LogP contribution in [0.2, 0.25) is 0 Å². The smallest absolute Gasteiger partial charge is 0.0735 e. The second kappa shape index (κ2) is 5.46. The Morgan fingerprint density at radius 3 is 2.59 bits per heavy atom. The van der Waals surface area contributed by atoms with Gasteiger partial charge in [-0.15, -0.1) is 11.8 Å². The molecule has 90 valence electrons. The Balaban J connectivity index is 2.25. The first-order valence-electron chi connectivity index (χ1n) is 6.05. The van der Waals surface area contributed by atoms with Gasteiger partial charge in [0.15, 0.2) is 0 Å². The lowest BCUT2D eigenvalue weighted by atomic mass is 10.2. The molecule has 0 radical (unpaired) electrons. The summed E-state index contributed by atoms with van der Waals surface area (Å²) in [5.41, 5.74) is 1.37. The van der Waals surface area contributed by atoms with Crippen LogP contribution < -0.4 is 15.8 Å². The summed E-state index contributed by atoms with van der Waals surface area (Å²) in [5, 5.41) is 6.66. The van der Waals surface area contributed by atoms with Crippen molar-refractivity contribution in [1.82, 2.24) is 5.32 Å². The van der Waals surface area contributed by atoms with Crippen molar-refractivity contribution < 1.29 is 0 Å². The number of allylic oxidation sites excluding steroid dienone is 2. The number of rotatable bonds is 2. The minimum Gasteiger partial charge on any atom is -0.376 e. The molecule has 0 aromatic heterocycles. The van der Waals surface area contributed by atoms with Gasteiger partial charge in [0.1, 0.15) is 0 Å². The van der Waals surface area contributed by atoms with E-state index in [2.05, 4.69) is 62.5 Å². The summed E-state index contributed by atoms with van der Waals surface area (Å²) in [5.74, 6) is 0. The van der Waals surface area contributed by atoms with Crippen LogP contribution in [0.4, 0.5) is 0 Å². The Labute approximate surface area is 107 Å². The van der Waals surface area contributed by atoms with Crippen molar-refractivity contribution in [3.63, 3.8) is 0 Å². The largest absolute Gasteiger partial charge is 0.376 e. The monoisotopic (exact) mass is 245 g/mol. The van der Waals surface area contributed by atoms with Crippen LogP contribution in [0.1, 0.15) is 27.2 Å². The van der Waals surface area contributed by atoms with Gasteiger partial charge in [-0.3, -0.25) is 0 Å². The predicted octanol–water partition coefficient (Wildman–Crippen LogP) is 2.57. The van der Waals surface area contributed by atoms with Crippen LogP contribution in [0.15, 0.2) is 34.9 Å². The molecule has 1 nitrogen and oxygen atoms in total. The molecule has 2 heteroatoms. The first-order valence-corrected chi connectivity index (χ1v) is 6.93. The van der Waals surface area contributed by atoms with Crippen LogP contribution in [0, 0.1) is 0 Å². The summed E-state index contributed by atoms with van der Waals surface area (Å²) in [6.45, 7) is 6.49. The highest BCUT2D eigenvalue weighted by atomic mass is 32.2. The molecule has 1 aromatic rings. The van der Waals surface area contributed by atoms with Crippen LogP contribution in [-0.2, 0) is 0 Å². The Bertz CT molecular complexity index is 542. The maximum Gasteiger partial charge on any atom is 0.0735 e. The van der Waals surface area contributed by atoms with E-state index in [0.717, 1.165) is 6.42 Å². The summed E-state index contributed by atoms with van der Waals surface area (Å²) in [4.78, 5) is 1.42. The summed E-state index contributed by atoms with van der Waals surface area (Å²) < 4.78 is 0. The number of hydrogen-bond acceptors (Lipinski definition) is 2. The molecule has 0 bridgehead atoms. The van der Waals surface area contributed by atoms with E-state index in [4.69, 9.17) is 0 Å². The van der Waals surface area contributed by atoms with E-state index in [-0.39, 0.29) is 0 Å². The second-order valence-corrected chi connectivity index (χ2v) is 5.82. The van der Waals surface area contributed by atoms with Gasteiger partial charge in [-0.2, -0.15) is 0 Å². The molecule has 1 unspecified atom stereocenters. The van der Waals surface area contributed by atoms with E-state index in [1.165, 1.54) is 21.0 Å².